The predicted molar refractivity (Wildman–Crippen MR) is 110 cm³/mol. The van der Waals surface area contributed by atoms with Crippen LogP contribution in [0.3, 0.4) is 0 Å². The van der Waals surface area contributed by atoms with Gasteiger partial charge in [0.25, 0.3) is 0 Å². The Kier molecular flexibility index (Phi) is 6.24. The standard InChI is InChI=1S/C22H35N3O2/c1-16-6-5-7-17(2)20(16)25(18-8-10-19(26)11-9-18)21(27)22(24(3)4)12-14-23-15-13-22/h5-7,18-19,23,26H,8-15H2,1-4H3/t18-,19+. The van der Waals surface area contributed by atoms with E-state index in [1.54, 1.807) is 0 Å². The topological polar surface area (TPSA) is 55.8 Å². The second-order valence-electron chi connectivity index (χ2n) is 8.55. The van der Waals surface area contributed by atoms with Crippen LogP contribution in [0.4, 0.5) is 5.69 Å². The summed E-state index contributed by atoms with van der Waals surface area (Å²) in [6.07, 6.45) is 4.71. The van der Waals surface area contributed by atoms with Crippen LogP contribution in [0.5, 0.6) is 0 Å². The maximum Gasteiger partial charge on any atom is 0.247 e. The number of nitrogens with one attached hydrogen (secondary N) is 1. The Morgan fingerprint density at radius 1 is 1.07 bits per heavy atom. The van der Waals surface area contributed by atoms with Crippen molar-refractivity contribution >= 4 is 11.6 Å². The zero-order valence-electron chi connectivity index (χ0n) is 17.3. The highest BCUT2D eigenvalue weighted by molar-refractivity contribution is 6.02. The van der Waals surface area contributed by atoms with E-state index in [1.807, 2.05) is 14.1 Å². The molecule has 0 unspecified atom stereocenters. The van der Waals surface area contributed by atoms with Gasteiger partial charge in [0.1, 0.15) is 5.54 Å². The molecule has 1 heterocycles. The molecule has 1 saturated carbocycles. The molecule has 5 nitrogen and oxygen atoms in total. The molecule has 1 aliphatic heterocycles. The number of benzene rings is 1. The van der Waals surface area contributed by atoms with Gasteiger partial charge in [-0.1, -0.05) is 18.2 Å². The van der Waals surface area contributed by atoms with Crippen LogP contribution in [0, 0.1) is 13.8 Å². The lowest BCUT2D eigenvalue weighted by Gasteiger charge is -2.47. The van der Waals surface area contributed by atoms with E-state index in [1.165, 1.54) is 0 Å². The number of likely N-dealkylation sites (N-methyl/N-ethyl adjacent to an activating group) is 1. The Bertz CT molecular complexity index is 639. The average Bonchev–Trinajstić information content (AvgIpc) is 2.66. The van der Waals surface area contributed by atoms with Gasteiger partial charge in [-0.25, -0.2) is 0 Å². The summed E-state index contributed by atoms with van der Waals surface area (Å²) in [4.78, 5) is 18.4. The second-order valence-corrected chi connectivity index (χ2v) is 8.55. The number of anilines is 1. The number of hydrogen-bond acceptors (Lipinski definition) is 4. The van der Waals surface area contributed by atoms with Gasteiger partial charge in [0.05, 0.1) is 6.10 Å². The van der Waals surface area contributed by atoms with E-state index >= 15 is 0 Å². The van der Waals surface area contributed by atoms with Crippen molar-refractivity contribution < 1.29 is 9.90 Å². The molecule has 0 bridgehead atoms. The number of rotatable bonds is 4. The Hall–Kier alpha value is -1.43. The summed E-state index contributed by atoms with van der Waals surface area (Å²) in [7, 11) is 4.08. The summed E-state index contributed by atoms with van der Waals surface area (Å²) in [5.74, 6) is 0.229. The third kappa shape index (κ3) is 3.91. The number of aryl methyl sites for hydroxylation is 2. The normalized spacial score (nSPS) is 25.4. The van der Waals surface area contributed by atoms with E-state index in [-0.39, 0.29) is 18.1 Å². The first kappa shape index (κ1) is 20.3. The third-order valence-electron chi connectivity index (χ3n) is 6.62. The van der Waals surface area contributed by atoms with Crippen molar-refractivity contribution in [1.82, 2.24) is 10.2 Å². The Morgan fingerprint density at radius 2 is 1.63 bits per heavy atom. The van der Waals surface area contributed by atoms with Crippen molar-refractivity contribution in [2.75, 3.05) is 32.1 Å². The van der Waals surface area contributed by atoms with Crippen LogP contribution < -0.4 is 10.2 Å². The molecule has 2 aliphatic rings. The minimum absolute atomic E-state index is 0.160. The highest BCUT2D eigenvalue weighted by Crippen LogP contribution is 2.37. The van der Waals surface area contributed by atoms with Crippen LogP contribution in [-0.2, 0) is 4.79 Å². The number of nitrogens with zero attached hydrogens (tertiary/aromatic N) is 2. The van der Waals surface area contributed by atoms with Crippen molar-refractivity contribution in [3.05, 3.63) is 29.3 Å². The molecule has 5 heteroatoms. The second kappa shape index (κ2) is 8.29. The largest absolute Gasteiger partial charge is 0.393 e. The molecule has 0 aromatic heterocycles. The Balaban J connectivity index is 2.04. The van der Waals surface area contributed by atoms with Gasteiger partial charge in [0, 0.05) is 11.7 Å². The summed E-state index contributed by atoms with van der Waals surface area (Å²) in [5, 5.41) is 13.4. The molecular weight excluding hydrogens is 338 g/mol. The van der Waals surface area contributed by atoms with E-state index in [4.69, 9.17) is 0 Å². The zero-order chi connectivity index (χ0) is 19.6. The van der Waals surface area contributed by atoms with Crippen molar-refractivity contribution in [2.45, 2.75) is 70.1 Å². The highest BCUT2D eigenvalue weighted by Gasteiger charge is 2.46. The number of carbonyl (C=O) groups is 1. The molecule has 2 N–H and O–H groups in total. The fourth-order valence-electron chi connectivity index (χ4n) is 4.87. The highest BCUT2D eigenvalue weighted by atomic mass is 16.3. The first-order chi connectivity index (χ1) is 12.9. The number of aliphatic hydroxyl groups excluding tert-OH is 1. The SMILES string of the molecule is Cc1cccc(C)c1N(C(=O)C1(N(C)C)CCNCC1)[C@H]1CC[C@@H](O)CC1. The van der Waals surface area contributed by atoms with Gasteiger partial charge < -0.3 is 15.3 Å². The first-order valence-corrected chi connectivity index (χ1v) is 10.3. The van der Waals surface area contributed by atoms with Crippen LogP contribution in [0.1, 0.15) is 49.7 Å². The van der Waals surface area contributed by atoms with Crippen molar-refractivity contribution in [3.63, 3.8) is 0 Å². The van der Waals surface area contributed by atoms with Crippen LogP contribution >= 0.6 is 0 Å². The monoisotopic (exact) mass is 373 g/mol. The van der Waals surface area contributed by atoms with Crippen LogP contribution in [0.2, 0.25) is 0 Å². The van der Waals surface area contributed by atoms with Gasteiger partial charge in [0.2, 0.25) is 5.91 Å². The first-order valence-electron chi connectivity index (χ1n) is 10.3. The lowest BCUT2D eigenvalue weighted by molar-refractivity contribution is -0.131. The Labute approximate surface area is 163 Å². The summed E-state index contributed by atoms with van der Waals surface area (Å²) in [5.41, 5.74) is 2.91. The maximum absolute atomic E-state index is 14.1. The summed E-state index contributed by atoms with van der Waals surface area (Å²) in [6.45, 7) is 5.94. The molecular formula is C22H35N3O2. The molecule has 1 saturated heterocycles. The molecule has 0 radical (unpaired) electrons. The molecule has 3 rings (SSSR count). The molecule has 27 heavy (non-hydrogen) atoms. The number of para-hydroxylation sites is 1. The number of hydrogen-bond donors (Lipinski definition) is 2. The van der Waals surface area contributed by atoms with Crippen molar-refractivity contribution in [1.29, 1.82) is 0 Å². The zero-order valence-corrected chi connectivity index (χ0v) is 17.3. The molecule has 1 aromatic carbocycles. The van der Waals surface area contributed by atoms with Gasteiger partial charge in [0.15, 0.2) is 0 Å². The lowest BCUT2D eigenvalue weighted by atomic mass is 9.83. The van der Waals surface area contributed by atoms with Gasteiger partial charge in [-0.05, 0) is 90.7 Å². The molecule has 1 amide bonds. The van der Waals surface area contributed by atoms with Crippen molar-refractivity contribution in [2.24, 2.45) is 0 Å². The number of aliphatic hydroxyl groups is 1. The summed E-state index contributed by atoms with van der Waals surface area (Å²) < 4.78 is 0. The van der Waals surface area contributed by atoms with Crippen LogP contribution in [0.25, 0.3) is 0 Å². The van der Waals surface area contributed by atoms with E-state index in [2.05, 4.69) is 47.2 Å². The number of carbonyl (C=O) groups excluding carboxylic acids is 1. The van der Waals surface area contributed by atoms with E-state index in [0.29, 0.717) is 0 Å². The lowest BCUT2D eigenvalue weighted by Crippen LogP contribution is -2.63. The van der Waals surface area contributed by atoms with Gasteiger partial charge >= 0.3 is 0 Å². The third-order valence-corrected chi connectivity index (χ3v) is 6.62. The van der Waals surface area contributed by atoms with E-state index in [0.717, 1.165) is 68.4 Å². The quantitative estimate of drug-likeness (QED) is 0.852. The Morgan fingerprint density at radius 3 is 2.15 bits per heavy atom. The minimum atomic E-state index is -0.462. The van der Waals surface area contributed by atoms with E-state index < -0.39 is 5.54 Å². The van der Waals surface area contributed by atoms with Gasteiger partial charge in [-0.2, -0.15) is 0 Å². The molecule has 0 spiro atoms. The molecule has 2 fully saturated rings. The molecule has 1 aromatic rings. The fraction of sp³-hybridized carbons (Fsp3) is 0.682. The molecule has 0 atom stereocenters. The smallest absolute Gasteiger partial charge is 0.247 e. The molecule has 150 valence electrons. The average molecular weight is 374 g/mol. The summed E-state index contributed by atoms with van der Waals surface area (Å²) >= 11 is 0. The summed E-state index contributed by atoms with van der Waals surface area (Å²) in [6, 6.07) is 6.43. The fourth-order valence-corrected chi connectivity index (χ4v) is 4.87. The van der Waals surface area contributed by atoms with Crippen LogP contribution in [-0.4, -0.2) is 60.8 Å². The minimum Gasteiger partial charge on any atom is -0.393 e. The van der Waals surface area contributed by atoms with E-state index in [9.17, 15) is 9.90 Å². The van der Waals surface area contributed by atoms with Gasteiger partial charge in [-0.3, -0.25) is 9.69 Å². The van der Waals surface area contributed by atoms with Crippen molar-refractivity contribution in [3.8, 4) is 0 Å². The van der Waals surface area contributed by atoms with Crippen LogP contribution in [0.15, 0.2) is 18.2 Å². The number of amides is 1. The maximum atomic E-state index is 14.1. The number of piperidine rings is 1. The van der Waals surface area contributed by atoms with Gasteiger partial charge in [-0.15, -0.1) is 0 Å². The predicted octanol–water partition coefficient (Wildman–Crippen LogP) is 2.62. The molecule has 1 aliphatic carbocycles.